The summed E-state index contributed by atoms with van der Waals surface area (Å²) in [6.45, 7) is 6.03. The van der Waals surface area contributed by atoms with Crippen LogP contribution in [0.5, 0.6) is 5.75 Å². The van der Waals surface area contributed by atoms with Gasteiger partial charge in [0.1, 0.15) is 5.75 Å². The zero-order valence-corrected chi connectivity index (χ0v) is 11.5. The monoisotopic (exact) mass is 254 g/mol. The second-order valence-corrected chi connectivity index (χ2v) is 4.82. The summed E-state index contributed by atoms with van der Waals surface area (Å²) < 4.78 is 5.86. The molecule has 0 saturated carbocycles. The van der Waals surface area contributed by atoms with Crippen LogP contribution in [-0.4, -0.2) is 12.4 Å². The van der Waals surface area contributed by atoms with Crippen LogP contribution in [0.3, 0.4) is 0 Å². The van der Waals surface area contributed by atoms with Crippen LogP contribution in [-0.2, 0) is 0 Å². The Morgan fingerprint density at radius 3 is 2.47 bits per heavy atom. The maximum atomic E-state index is 11.2. The van der Waals surface area contributed by atoms with E-state index in [9.17, 15) is 4.79 Å². The van der Waals surface area contributed by atoms with Gasteiger partial charge in [-0.25, -0.2) is 0 Å². The highest BCUT2D eigenvalue weighted by Gasteiger charge is 2.13. The first-order chi connectivity index (χ1) is 9.13. The molecule has 2 aromatic carbocycles. The number of hydrogen-bond acceptors (Lipinski definition) is 2. The summed E-state index contributed by atoms with van der Waals surface area (Å²) in [5.41, 5.74) is 3.71. The Morgan fingerprint density at radius 1 is 1.05 bits per heavy atom. The Hall–Kier alpha value is -2.09. The van der Waals surface area contributed by atoms with E-state index in [0.29, 0.717) is 5.56 Å². The SMILES string of the molecule is Cc1cccc(OC(C)C)c1-c1ccccc1C=O. The first kappa shape index (κ1) is 13.3. The third kappa shape index (κ3) is 2.84. The minimum absolute atomic E-state index is 0.101. The molecular formula is C17H18O2. The van der Waals surface area contributed by atoms with Crippen molar-refractivity contribution in [1.82, 2.24) is 0 Å². The number of carbonyl (C=O) groups excluding carboxylic acids is 1. The van der Waals surface area contributed by atoms with Crippen LogP contribution in [0.4, 0.5) is 0 Å². The molecule has 0 bridgehead atoms. The van der Waals surface area contributed by atoms with Crippen molar-refractivity contribution >= 4 is 6.29 Å². The maximum absolute atomic E-state index is 11.2. The highest BCUT2D eigenvalue weighted by atomic mass is 16.5. The van der Waals surface area contributed by atoms with Crippen LogP contribution in [0.25, 0.3) is 11.1 Å². The van der Waals surface area contributed by atoms with Gasteiger partial charge >= 0.3 is 0 Å². The molecule has 0 aliphatic carbocycles. The minimum atomic E-state index is 0.101. The van der Waals surface area contributed by atoms with E-state index in [1.807, 2.05) is 63.2 Å². The summed E-state index contributed by atoms with van der Waals surface area (Å²) in [4.78, 5) is 11.2. The summed E-state index contributed by atoms with van der Waals surface area (Å²) in [6, 6.07) is 13.5. The van der Waals surface area contributed by atoms with Crippen LogP contribution in [0.2, 0.25) is 0 Å². The van der Waals surface area contributed by atoms with E-state index in [0.717, 1.165) is 28.7 Å². The fourth-order valence-electron chi connectivity index (χ4n) is 2.17. The minimum Gasteiger partial charge on any atom is -0.490 e. The molecule has 0 amide bonds. The van der Waals surface area contributed by atoms with E-state index in [1.165, 1.54) is 0 Å². The van der Waals surface area contributed by atoms with Crippen molar-refractivity contribution < 1.29 is 9.53 Å². The fourth-order valence-corrected chi connectivity index (χ4v) is 2.17. The fraction of sp³-hybridized carbons (Fsp3) is 0.235. The van der Waals surface area contributed by atoms with Gasteiger partial charge in [-0.1, -0.05) is 36.4 Å². The summed E-state index contributed by atoms with van der Waals surface area (Å²) >= 11 is 0. The number of hydrogen-bond donors (Lipinski definition) is 0. The molecule has 98 valence electrons. The molecule has 2 heteroatoms. The predicted molar refractivity (Wildman–Crippen MR) is 77.8 cm³/mol. The lowest BCUT2D eigenvalue weighted by Gasteiger charge is -2.17. The van der Waals surface area contributed by atoms with Crippen LogP contribution >= 0.6 is 0 Å². The quantitative estimate of drug-likeness (QED) is 0.762. The van der Waals surface area contributed by atoms with Gasteiger partial charge in [-0.15, -0.1) is 0 Å². The molecular weight excluding hydrogens is 236 g/mol. The molecule has 2 aromatic rings. The third-order valence-corrected chi connectivity index (χ3v) is 2.95. The molecule has 2 nitrogen and oxygen atoms in total. The third-order valence-electron chi connectivity index (χ3n) is 2.95. The van der Waals surface area contributed by atoms with Crippen molar-refractivity contribution in [3.8, 4) is 16.9 Å². The first-order valence-electron chi connectivity index (χ1n) is 6.44. The zero-order chi connectivity index (χ0) is 13.8. The Bertz CT molecular complexity index is 586. The van der Waals surface area contributed by atoms with Crippen LogP contribution in [0.15, 0.2) is 42.5 Å². The topological polar surface area (TPSA) is 26.3 Å². The number of benzene rings is 2. The molecule has 19 heavy (non-hydrogen) atoms. The lowest BCUT2D eigenvalue weighted by molar-refractivity contribution is 0.112. The standard InChI is InChI=1S/C17H18O2/c1-12(2)19-16-10-6-7-13(3)17(16)15-9-5-4-8-14(15)11-18/h4-12H,1-3H3. The average Bonchev–Trinajstić information content (AvgIpc) is 2.38. The first-order valence-corrected chi connectivity index (χ1v) is 6.44. The number of aldehydes is 1. The van der Waals surface area contributed by atoms with Crippen molar-refractivity contribution in [2.75, 3.05) is 0 Å². The summed E-state index contributed by atoms with van der Waals surface area (Å²) in [6.07, 6.45) is 0.991. The molecule has 0 aliphatic heterocycles. The molecule has 0 heterocycles. The number of ether oxygens (including phenoxy) is 1. The molecule has 0 unspecified atom stereocenters. The second-order valence-electron chi connectivity index (χ2n) is 4.82. The van der Waals surface area contributed by atoms with Gasteiger partial charge in [0.25, 0.3) is 0 Å². The summed E-state index contributed by atoms with van der Waals surface area (Å²) in [5.74, 6) is 0.823. The number of carbonyl (C=O) groups is 1. The van der Waals surface area contributed by atoms with Crippen molar-refractivity contribution in [3.63, 3.8) is 0 Å². The van der Waals surface area contributed by atoms with Gasteiger partial charge < -0.3 is 4.74 Å². The van der Waals surface area contributed by atoms with Gasteiger partial charge in [0.2, 0.25) is 0 Å². The highest BCUT2D eigenvalue weighted by Crippen LogP contribution is 2.35. The molecule has 0 aromatic heterocycles. The van der Waals surface area contributed by atoms with E-state index in [1.54, 1.807) is 0 Å². The lowest BCUT2D eigenvalue weighted by atomic mass is 9.95. The Labute approximate surface area is 114 Å². The number of aryl methyl sites for hydroxylation is 1. The molecule has 0 spiro atoms. The van der Waals surface area contributed by atoms with Gasteiger partial charge in [-0.3, -0.25) is 4.79 Å². The van der Waals surface area contributed by atoms with E-state index in [-0.39, 0.29) is 6.10 Å². The molecule has 0 aliphatic rings. The normalized spacial score (nSPS) is 10.5. The van der Waals surface area contributed by atoms with Crippen LogP contribution in [0, 0.1) is 6.92 Å². The zero-order valence-electron chi connectivity index (χ0n) is 11.5. The molecule has 0 radical (unpaired) electrons. The summed E-state index contributed by atoms with van der Waals surface area (Å²) in [7, 11) is 0. The molecule has 2 rings (SSSR count). The largest absolute Gasteiger partial charge is 0.490 e. The molecule has 0 N–H and O–H groups in total. The second kappa shape index (κ2) is 5.70. The van der Waals surface area contributed by atoms with Crippen LogP contribution in [0.1, 0.15) is 29.8 Å². The summed E-state index contributed by atoms with van der Waals surface area (Å²) in [5, 5.41) is 0. The Kier molecular flexibility index (Phi) is 4.00. The van der Waals surface area contributed by atoms with E-state index in [2.05, 4.69) is 0 Å². The van der Waals surface area contributed by atoms with Crippen molar-refractivity contribution in [2.45, 2.75) is 26.9 Å². The Morgan fingerprint density at radius 2 is 1.79 bits per heavy atom. The van der Waals surface area contributed by atoms with Gasteiger partial charge in [-0.2, -0.15) is 0 Å². The molecule has 0 atom stereocenters. The van der Waals surface area contributed by atoms with Crippen molar-refractivity contribution in [2.24, 2.45) is 0 Å². The highest BCUT2D eigenvalue weighted by molar-refractivity contribution is 5.90. The van der Waals surface area contributed by atoms with E-state index >= 15 is 0 Å². The van der Waals surface area contributed by atoms with Crippen molar-refractivity contribution in [3.05, 3.63) is 53.6 Å². The predicted octanol–water partition coefficient (Wildman–Crippen LogP) is 4.26. The van der Waals surface area contributed by atoms with Gasteiger partial charge in [0, 0.05) is 11.1 Å². The molecule has 0 saturated heterocycles. The maximum Gasteiger partial charge on any atom is 0.150 e. The van der Waals surface area contributed by atoms with Crippen LogP contribution < -0.4 is 4.74 Å². The van der Waals surface area contributed by atoms with E-state index < -0.39 is 0 Å². The van der Waals surface area contributed by atoms with E-state index in [4.69, 9.17) is 4.74 Å². The van der Waals surface area contributed by atoms with Gasteiger partial charge in [-0.05, 0) is 38.0 Å². The van der Waals surface area contributed by atoms with Crippen molar-refractivity contribution in [1.29, 1.82) is 0 Å². The lowest BCUT2D eigenvalue weighted by Crippen LogP contribution is -2.07. The molecule has 0 fully saturated rings. The van der Waals surface area contributed by atoms with Gasteiger partial charge in [0.05, 0.1) is 6.10 Å². The van der Waals surface area contributed by atoms with Gasteiger partial charge in [0.15, 0.2) is 6.29 Å². The smallest absolute Gasteiger partial charge is 0.150 e. The Balaban J connectivity index is 2.63. The number of rotatable bonds is 4. The average molecular weight is 254 g/mol.